The molecular weight excluding hydrogens is 238 g/mol. The monoisotopic (exact) mass is 263 g/mol. The summed E-state index contributed by atoms with van der Waals surface area (Å²) in [5.41, 5.74) is 2.06. The zero-order valence-electron chi connectivity index (χ0n) is 12.4. The van der Waals surface area contributed by atoms with Crippen molar-refractivity contribution in [2.24, 2.45) is 0 Å². The van der Waals surface area contributed by atoms with Gasteiger partial charge in [0.2, 0.25) is 0 Å². The second kappa shape index (κ2) is 7.79. The Balaban J connectivity index is 2.54. The molecule has 0 fully saturated rings. The van der Waals surface area contributed by atoms with Crippen molar-refractivity contribution in [3.05, 3.63) is 29.8 Å². The van der Waals surface area contributed by atoms with Crippen molar-refractivity contribution in [1.82, 2.24) is 10.2 Å². The van der Waals surface area contributed by atoms with Gasteiger partial charge in [0.1, 0.15) is 0 Å². The van der Waals surface area contributed by atoms with Gasteiger partial charge in [-0.3, -0.25) is 0 Å². The standard InChI is InChI=1S/C15H25N3O/c1-5-18(6-2)15(19)17-14-9-7-13(8-10-14)11-16-12(3)4/h7-10,12,16H,5-6,11H2,1-4H3,(H,17,19). The number of nitrogens with one attached hydrogen (secondary N) is 2. The number of hydrogen-bond acceptors (Lipinski definition) is 2. The molecule has 2 N–H and O–H groups in total. The second-order valence-electron chi connectivity index (χ2n) is 4.83. The fourth-order valence-corrected chi connectivity index (χ4v) is 1.74. The highest BCUT2D eigenvalue weighted by Crippen LogP contribution is 2.10. The van der Waals surface area contributed by atoms with Crippen molar-refractivity contribution < 1.29 is 4.79 Å². The highest BCUT2D eigenvalue weighted by atomic mass is 16.2. The lowest BCUT2D eigenvalue weighted by atomic mass is 10.2. The van der Waals surface area contributed by atoms with Crippen LogP contribution in [0.15, 0.2) is 24.3 Å². The summed E-state index contributed by atoms with van der Waals surface area (Å²) in [5, 5.41) is 6.27. The van der Waals surface area contributed by atoms with Crippen LogP contribution >= 0.6 is 0 Å². The largest absolute Gasteiger partial charge is 0.325 e. The second-order valence-corrected chi connectivity index (χ2v) is 4.83. The van der Waals surface area contributed by atoms with Gasteiger partial charge in [0.25, 0.3) is 0 Å². The van der Waals surface area contributed by atoms with E-state index in [2.05, 4.69) is 24.5 Å². The number of hydrogen-bond donors (Lipinski definition) is 2. The normalized spacial score (nSPS) is 10.6. The van der Waals surface area contributed by atoms with E-state index in [1.165, 1.54) is 5.56 Å². The van der Waals surface area contributed by atoms with Crippen LogP contribution in [0, 0.1) is 0 Å². The SMILES string of the molecule is CCN(CC)C(=O)Nc1ccc(CNC(C)C)cc1. The summed E-state index contributed by atoms with van der Waals surface area (Å²) in [6, 6.07) is 8.39. The Bertz CT molecular complexity index is 383. The number of rotatable bonds is 6. The maximum Gasteiger partial charge on any atom is 0.321 e. The smallest absolute Gasteiger partial charge is 0.321 e. The van der Waals surface area contributed by atoms with Crippen LogP contribution in [0.25, 0.3) is 0 Å². The zero-order valence-corrected chi connectivity index (χ0v) is 12.4. The van der Waals surface area contributed by atoms with Gasteiger partial charge in [-0.25, -0.2) is 4.79 Å². The van der Waals surface area contributed by atoms with Crippen LogP contribution in [0.1, 0.15) is 33.3 Å². The number of urea groups is 1. The van der Waals surface area contributed by atoms with E-state index in [1.54, 1.807) is 4.90 Å². The average Bonchev–Trinajstić information content (AvgIpc) is 2.39. The van der Waals surface area contributed by atoms with Gasteiger partial charge in [0.15, 0.2) is 0 Å². The summed E-state index contributed by atoms with van der Waals surface area (Å²) in [4.78, 5) is 13.6. The number of carbonyl (C=O) groups is 1. The molecule has 19 heavy (non-hydrogen) atoms. The molecule has 1 rings (SSSR count). The van der Waals surface area contributed by atoms with Gasteiger partial charge in [-0.1, -0.05) is 26.0 Å². The van der Waals surface area contributed by atoms with Gasteiger partial charge < -0.3 is 15.5 Å². The predicted molar refractivity (Wildman–Crippen MR) is 80.4 cm³/mol. The van der Waals surface area contributed by atoms with Crippen LogP contribution in [-0.2, 0) is 6.54 Å². The minimum absolute atomic E-state index is 0.0435. The van der Waals surface area contributed by atoms with E-state index in [0.29, 0.717) is 6.04 Å². The number of anilines is 1. The van der Waals surface area contributed by atoms with E-state index in [1.807, 2.05) is 38.1 Å². The molecule has 0 spiro atoms. The third-order valence-electron chi connectivity index (χ3n) is 2.97. The number of carbonyl (C=O) groups excluding carboxylic acids is 1. The Hall–Kier alpha value is -1.55. The highest BCUT2D eigenvalue weighted by molar-refractivity contribution is 5.89. The first-order chi connectivity index (χ1) is 9.06. The molecule has 1 aromatic carbocycles. The summed E-state index contributed by atoms with van der Waals surface area (Å²) in [6.07, 6.45) is 0. The fourth-order valence-electron chi connectivity index (χ4n) is 1.74. The molecule has 0 heterocycles. The van der Waals surface area contributed by atoms with Crippen LogP contribution in [0.4, 0.5) is 10.5 Å². The Labute approximate surface area is 116 Å². The van der Waals surface area contributed by atoms with E-state index in [4.69, 9.17) is 0 Å². The minimum atomic E-state index is -0.0435. The molecule has 0 unspecified atom stereocenters. The molecule has 0 aliphatic rings. The van der Waals surface area contributed by atoms with Crippen LogP contribution < -0.4 is 10.6 Å². The molecular formula is C15H25N3O. The summed E-state index contributed by atoms with van der Waals surface area (Å²) in [7, 11) is 0. The molecule has 4 nitrogen and oxygen atoms in total. The molecule has 0 aliphatic carbocycles. The first-order valence-electron chi connectivity index (χ1n) is 6.95. The first kappa shape index (κ1) is 15.5. The van der Waals surface area contributed by atoms with E-state index < -0.39 is 0 Å². The molecule has 0 aromatic heterocycles. The van der Waals surface area contributed by atoms with Crippen molar-refractivity contribution in [1.29, 1.82) is 0 Å². The van der Waals surface area contributed by atoms with Gasteiger partial charge in [-0.05, 0) is 31.5 Å². The van der Waals surface area contributed by atoms with Crippen molar-refractivity contribution in [2.45, 2.75) is 40.3 Å². The van der Waals surface area contributed by atoms with E-state index >= 15 is 0 Å². The topological polar surface area (TPSA) is 44.4 Å². The molecule has 0 aliphatic heterocycles. The lowest BCUT2D eigenvalue weighted by Gasteiger charge is -2.19. The summed E-state index contributed by atoms with van der Waals surface area (Å²) in [5.74, 6) is 0. The third-order valence-corrected chi connectivity index (χ3v) is 2.97. The van der Waals surface area contributed by atoms with Gasteiger partial charge >= 0.3 is 6.03 Å². The Morgan fingerprint density at radius 1 is 1.16 bits per heavy atom. The Morgan fingerprint density at radius 2 is 1.74 bits per heavy atom. The molecule has 0 saturated carbocycles. The Morgan fingerprint density at radius 3 is 2.21 bits per heavy atom. The average molecular weight is 263 g/mol. The molecule has 4 heteroatoms. The van der Waals surface area contributed by atoms with E-state index in [0.717, 1.165) is 25.3 Å². The van der Waals surface area contributed by atoms with Gasteiger partial charge in [0.05, 0.1) is 0 Å². The number of amides is 2. The zero-order chi connectivity index (χ0) is 14.3. The van der Waals surface area contributed by atoms with Crippen molar-refractivity contribution in [3.8, 4) is 0 Å². The van der Waals surface area contributed by atoms with Gasteiger partial charge in [0, 0.05) is 31.4 Å². The molecule has 1 aromatic rings. The third kappa shape index (κ3) is 5.30. The molecule has 106 valence electrons. The highest BCUT2D eigenvalue weighted by Gasteiger charge is 2.08. The summed E-state index contributed by atoms with van der Waals surface area (Å²) >= 11 is 0. The fraction of sp³-hybridized carbons (Fsp3) is 0.533. The van der Waals surface area contributed by atoms with E-state index in [-0.39, 0.29) is 6.03 Å². The molecule has 0 saturated heterocycles. The van der Waals surface area contributed by atoms with Crippen LogP contribution in [0.2, 0.25) is 0 Å². The minimum Gasteiger partial charge on any atom is -0.325 e. The van der Waals surface area contributed by atoms with Crippen LogP contribution in [0.3, 0.4) is 0 Å². The van der Waals surface area contributed by atoms with Crippen molar-refractivity contribution in [3.63, 3.8) is 0 Å². The Kier molecular flexibility index (Phi) is 6.36. The summed E-state index contributed by atoms with van der Waals surface area (Å²) < 4.78 is 0. The van der Waals surface area contributed by atoms with Gasteiger partial charge in [-0.15, -0.1) is 0 Å². The van der Waals surface area contributed by atoms with Crippen molar-refractivity contribution >= 4 is 11.7 Å². The molecule has 0 atom stereocenters. The number of nitrogens with zero attached hydrogens (tertiary/aromatic N) is 1. The maximum atomic E-state index is 11.9. The molecule has 2 amide bonds. The van der Waals surface area contributed by atoms with Crippen LogP contribution in [-0.4, -0.2) is 30.1 Å². The van der Waals surface area contributed by atoms with Crippen LogP contribution in [0.5, 0.6) is 0 Å². The summed E-state index contributed by atoms with van der Waals surface area (Å²) in [6.45, 7) is 10.5. The maximum absolute atomic E-state index is 11.9. The molecule has 0 bridgehead atoms. The van der Waals surface area contributed by atoms with Crippen molar-refractivity contribution in [2.75, 3.05) is 18.4 Å². The van der Waals surface area contributed by atoms with E-state index in [9.17, 15) is 4.79 Å². The quantitative estimate of drug-likeness (QED) is 0.828. The number of benzene rings is 1. The predicted octanol–water partition coefficient (Wildman–Crippen LogP) is 3.06. The van der Waals surface area contributed by atoms with Gasteiger partial charge in [-0.2, -0.15) is 0 Å². The lowest BCUT2D eigenvalue weighted by molar-refractivity contribution is 0.217. The lowest BCUT2D eigenvalue weighted by Crippen LogP contribution is -2.34. The first-order valence-corrected chi connectivity index (χ1v) is 6.95. The molecule has 0 radical (unpaired) electrons.